The van der Waals surface area contributed by atoms with E-state index in [0.717, 1.165) is 6.54 Å². The number of nitrogens with one attached hydrogen (secondary N) is 1. The molecule has 0 amide bonds. The molecule has 68 valence electrons. The van der Waals surface area contributed by atoms with Crippen molar-refractivity contribution in [1.29, 1.82) is 0 Å². The summed E-state index contributed by atoms with van der Waals surface area (Å²) in [6.07, 6.45) is 5.13. The number of aromatic nitrogens is 2. The molecule has 1 N–H and O–H groups in total. The van der Waals surface area contributed by atoms with Crippen molar-refractivity contribution in [2.75, 3.05) is 6.54 Å². The summed E-state index contributed by atoms with van der Waals surface area (Å²) in [5.41, 5.74) is 1.26. The molecule has 3 heteroatoms. The van der Waals surface area contributed by atoms with Crippen molar-refractivity contribution < 1.29 is 0 Å². The molecular formula is C9H17N3. The fourth-order valence-electron chi connectivity index (χ4n) is 1.14. The topological polar surface area (TPSA) is 29.9 Å². The molecule has 0 radical (unpaired) electrons. The van der Waals surface area contributed by atoms with Crippen molar-refractivity contribution >= 4 is 0 Å². The zero-order chi connectivity index (χ0) is 8.97. The lowest BCUT2D eigenvalue weighted by Crippen LogP contribution is -2.18. The second-order valence-corrected chi connectivity index (χ2v) is 3.12. The fourth-order valence-corrected chi connectivity index (χ4v) is 1.14. The standard InChI is InChI=1S/C9H17N3/c1-4-5-10-8(2)9-6-11-12(3)7-9/h6-8,10H,4-5H2,1-3H3/t8-/m1/s1. The van der Waals surface area contributed by atoms with Crippen LogP contribution >= 0.6 is 0 Å². The van der Waals surface area contributed by atoms with Gasteiger partial charge in [0.25, 0.3) is 0 Å². The minimum Gasteiger partial charge on any atom is -0.310 e. The first-order chi connectivity index (χ1) is 5.74. The van der Waals surface area contributed by atoms with Gasteiger partial charge in [0.2, 0.25) is 0 Å². The van der Waals surface area contributed by atoms with E-state index in [-0.39, 0.29) is 0 Å². The van der Waals surface area contributed by atoms with Gasteiger partial charge < -0.3 is 5.32 Å². The fraction of sp³-hybridized carbons (Fsp3) is 0.667. The van der Waals surface area contributed by atoms with E-state index in [4.69, 9.17) is 0 Å². The van der Waals surface area contributed by atoms with E-state index < -0.39 is 0 Å². The Labute approximate surface area is 73.8 Å². The molecule has 3 nitrogen and oxygen atoms in total. The van der Waals surface area contributed by atoms with Crippen LogP contribution in [0.1, 0.15) is 31.9 Å². The quantitative estimate of drug-likeness (QED) is 0.736. The lowest BCUT2D eigenvalue weighted by molar-refractivity contribution is 0.570. The lowest BCUT2D eigenvalue weighted by Gasteiger charge is -2.09. The largest absolute Gasteiger partial charge is 0.310 e. The monoisotopic (exact) mass is 167 g/mol. The molecule has 0 saturated heterocycles. The molecule has 0 aliphatic carbocycles. The average Bonchev–Trinajstić information content (AvgIpc) is 2.47. The minimum absolute atomic E-state index is 0.415. The Balaban J connectivity index is 2.47. The van der Waals surface area contributed by atoms with Crippen LogP contribution in [-0.4, -0.2) is 16.3 Å². The average molecular weight is 167 g/mol. The van der Waals surface area contributed by atoms with Gasteiger partial charge in [-0.05, 0) is 19.9 Å². The highest BCUT2D eigenvalue weighted by Gasteiger charge is 2.04. The number of hydrogen-bond donors (Lipinski definition) is 1. The predicted octanol–water partition coefficient (Wildman–Crippen LogP) is 1.48. The maximum absolute atomic E-state index is 4.12. The van der Waals surface area contributed by atoms with Crippen molar-refractivity contribution in [2.24, 2.45) is 7.05 Å². The SMILES string of the molecule is CCCN[C@H](C)c1cnn(C)c1. The van der Waals surface area contributed by atoms with Crippen LogP contribution in [0.4, 0.5) is 0 Å². The highest BCUT2D eigenvalue weighted by atomic mass is 15.2. The molecule has 1 rings (SSSR count). The van der Waals surface area contributed by atoms with Crippen molar-refractivity contribution in [3.63, 3.8) is 0 Å². The summed E-state index contributed by atoms with van der Waals surface area (Å²) >= 11 is 0. The van der Waals surface area contributed by atoms with Gasteiger partial charge in [0.1, 0.15) is 0 Å². The van der Waals surface area contributed by atoms with E-state index in [1.807, 2.05) is 24.1 Å². The molecule has 0 aromatic carbocycles. The third-order valence-electron chi connectivity index (χ3n) is 1.93. The Kier molecular flexibility index (Phi) is 3.29. The van der Waals surface area contributed by atoms with Gasteiger partial charge in [-0.2, -0.15) is 5.10 Å². The highest BCUT2D eigenvalue weighted by Crippen LogP contribution is 2.09. The zero-order valence-corrected chi connectivity index (χ0v) is 8.04. The molecule has 0 aliphatic heterocycles. The van der Waals surface area contributed by atoms with Gasteiger partial charge in [-0.1, -0.05) is 6.92 Å². The Hall–Kier alpha value is -0.830. The first-order valence-electron chi connectivity index (χ1n) is 4.46. The summed E-state index contributed by atoms with van der Waals surface area (Å²) in [5, 5.41) is 7.53. The summed E-state index contributed by atoms with van der Waals surface area (Å²) in [6, 6.07) is 0.415. The van der Waals surface area contributed by atoms with E-state index >= 15 is 0 Å². The summed E-state index contributed by atoms with van der Waals surface area (Å²) in [5.74, 6) is 0. The van der Waals surface area contributed by atoms with E-state index in [1.54, 1.807) is 0 Å². The molecule has 12 heavy (non-hydrogen) atoms. The molecule has 0 unspecified atom stereocenters. The third kappa shape index (κ3) is 2.34. The zero-order valence-electron chi connectivity index (χ0n) is 8.04. The second kappa shape index (κ2) is 4.26. The molecule has 1 atom stereocenters. The number of hydrogen-bond acceptors (Lipinski definition) is 2. The number of rotatable bonds is 4. The van der Waals surface area contributed by atoms with Gasteiger partial charge in [-0.3, -0.25) is 4.68 Å². The smallest absolute Gasteiger partial charge is 0.0537 e. The first-order valence-corrected chi connectivity index (χ1v) is 4.46. The van der Waals surface area contributed by atoms with Crippen LogP contribution in [0.2, 0.25) is 0 Å². The number of nitrogens with zero attached hydrogens (tertiary/aromatic N) is 2. The molecule has 0 saturated carbocycles. The van der Waals surface area contributed by atoms with E-state index in [0.29, 0.717) is 6.04 Å². The maximum atomic E-state index is 4.12. The van der Waals surface area contributed by atoms with Crippen molar-refractivity contribution in [3.05, 3.63) is 18.0 Å². The molecule has 1 heterocycles. The van der Waals surface area contributed by atoms with Crippen LogP contribution in [0, 0.1) is 0 Å². The van der Waals surface area contributed by atoms with Gasteiger partial charge in [-0.25, -0.2) is 0 Å². The second-order valence-electron chi connectivity index (χ2n) is 3.12. The van der Waals surface area contributed by atoms with Crippen LogP contribution in [0.15, 0.2) is 12.4 Å². The maximum Gasteiger partial charge on any atom is 0.0537 e. The van der Waals surface area contributed by atoms with Gasteiger partial charge in [0.05, 0.1) is 6.20 Å². The normalized spacial score (nSPS) is 13.2. The molecule has 1 aromatic heterocycles. The Morgan fingerprint density at radius 1 is 1.67 bits per heavy atom. The van der Waals surface area contributed by atoms with Gasteiger partial charge in [0.15, 0.2) is 0 Å². The van der Waals surface area contributed by atoms with Gasteiger partial charge >= 0.3 is 0 Å². The summed E-state index contributed by atoms with van der Waals surface area (Å²) in [7, 11) is 1.94. The minimum atomic E-state index is 0.415. The first kappa shape index (κ1) is 9.26. The summed E-state index contributed by atoms with van der Waals surface area (Å²) in [6.45, 7) is 5.39. The van der Waals surface area contributed by atoms with Crippen LogP contribution in [0.25, 0.3) is 0 Å². The van der Waals surface area contributed by atoms with Crippen LogP contribution in [0.5, 0.6) is 0 Å². The number of aryl methyl sites for hydroxylation is 1. The van der Waals surface area contributed by atoms with Crippen LogP contribution < -0.4 is 5.32 Å². The molecule has 0 fully saturated rings. The molecule has 0 aliphatic rings. The lowest BCUT2D eigenvalue weighted by atomic mass is 10.2. The molecule has 0 bridgehead atoms. The Bertz CT molecular complexity index is 229. The van der Waals surface area contributed by atoms with E-state index in [1.165, 1.54) is 12.0 Å². The van der Waals surface area contributed by atoms with Crippen LogP contribution in [-0.2, 0) is 7.05 Å². The van der Waals surface area contributed by atoms with Crippen molar-refractivity contribution in [3.8, 4) is 0 Å². The van der Waals surface area contributed by atoms with Crippen LogP contribution in [0.3, 0.4) is 0 Å². The molecule has 0 spiro atoms. The van der Waals surface area contributed by atoms with Gasteiger partial charge in [-0.15, -0.1) is 0 Å². The Morgan fingerprint density at radius 2 is 2.42 bits per heavy atom. The highest BCUT2D eigenvalue weighted by molar-refractivity contribution is 5.08. The predicted molar refractivity (Wildman–Crippen MR) is 49.9 cm³/mol. The summed E-state index contributed by atoms with van der Waals surface area (Å²) < 4.78 is 1.83. The van der Waals surface area contributed by atoms with E-state index in [9.17, 15) is 0 Å². The molecule has 1 aromatic rings. The van der Waals surface area contributed by atoms with E-state index in [2.05, 4.69) is 24.3 Å². The Morgan fingerprint density at radius 3 is 2.92 bits per heavy atom. The molecular weight excluding hydrogens is 150 g/mol. The van der Waals surface area contributed by atoms with Crippen molar-refractivity contribution in [1.82, 2.24) is 15.1 Å². The van der Waals surface area contributed by atoms with Crippen molar-refractivity contribution in [2.45, 2.75) is 26.3 Å². The third-order valence-corrected chi connectivity index (χ3v) is 1.93. The summed E-state index contributed by atoms with van der Waals surface area (Å²) in [4.78, 5) is 0. The van der Waals surface area contributed by atoms with Gasteiger partial charge in [0, 0.05) is 24.8 Å².